The molecule has 1 aliphatic carbocycles. The van der Waals surface area contributed by atoms with Crippen LogP contribution in [-0.2, 0) is 34.1 Å². The summed E-state index contributed by atoms with van der Waals surface area (Å²) in [5.74, 6) is -3.76. The molecule has 0 bridgehead atoms. The van der Waals surface area contributed by atoms with Gasteiger partial charge in [-0.15, -0.1) is 8.78 Å². The molecule has 3 atom stereocenters. The van der Waals surface area contributed by atoms with Crippen molar-refractivity contribution in [3.05, 3.63) is 96.7 Å². The predicted octanol–water partition coefficient (Wildman–Crippen LogP) is 9.00. The molecule has 3 amide bonds. The summed E-state index contributed by atoms with van der Waals surface area (Å²) < 4.78 is 47.1. The Morgan fingerprint density at radius 1 is 0.857 bits per heavy atom. The summed E-state index contributed by atoms with van der Waals surface area (Å²) in [6, 6.07) is 1.89. The van der Waals surface area contributed by atoms with Crippen LogP contribution < -0.4 is 25.4 Å². The molecule has 2 heterocycles. The third-order valence-corrected chi connectivity index (χ3v) is 13.5. The average molecular weight is 916 g/mol. The van der Waals surface area contributed by atoms with E-state index < -0.39 is 64.1 Å². The molecule has 1 saturated carbocycles. The highest BCUT2D eigenvalue weighted by atomic mass is 33.1. The molecular weight excluding hydrogens is 853 g/mol. The maximum Gasteiger partial charge on any atom is 0.586 e. The number of rotatable bonds is 27. The number of hydrogen-bond donors (Lipinski definition) is 4. The fourth-order valence-electron chi connectivity index (χ4n) is 6.62. The van der Waals surface area contributed by atoms with E-state index in [2.05, 4.69) is 93.1 Å². The number of fused-ring (bicyclic) bond motifs is 1. The van der Waals surface area contributed by atoms with Crippen molar-refractivity contribution in [3.8, 4) is 11.5 Å². The summed E-state index contributed by atoms with van der Waals surface area (Å²) in [5, 5.41) is 18.3. The monoisotopic (exact) mass is 915 g/mol. The smallest absolute Gasteiger partial charge is 0.480 e. The Balaban J connectivity index is 1.23. The molecular formula is C47H63F2N3O9S2. The van der Waals surface area contributed by atoms with Crippen LogP contribution in [0, 0.1) is 0 Å². The number of nitrogens with one attached hydrogen (secondary N) is 3. The zero-order valence-corrected chi connectivity index (χ0v) is 38.5. The van der Waals surface area contributed by atoms with Gasteiger partial charge in [-0.3, -0.25) is 14.4 Å². The molecule has 63 heavy (non-hydrogen) atoms. The number of carboxylic acid groups (broad SMARTS) is 1. The summed E-state index contributed by atoms with van der Waals surface area (Å²) in [6.45, 7) is 9.51. The van der Waals surface area contributed by atoms with Crippen LogP contribution in [0.1, 0.15) is 104 Å². The second-order valence-corrected chi connectivity index (χ2v) is 19.4. The number of hydrogen-bond acceptors (Lipinski definition) is 10. The molecule has 1 saturated heterocycles. The number of carboxylic acids is 1. The van der Waals surface area contributed by atoms with Crippen molar-refractivity contribution in [2.24, 2.45) is 0 Å². The molecule has 1 aromatic carbocycles. The topological polar surface area (TPSA) is 162 Å². The van der Waals surface area contributed by atoms with Crippen LogP contribution >= 0.6 is 21.6 Å². The number of alkyl halides is 2. The van der Waals surface area contributed by atoms with Gasteiger partial charge < -0.3 is 40.0 Å². The first-order valence-corrected chi connectivity index (χ1v) is 23.8. The van der Waals surface area contributed by atoms with E-state index in [1.807, 2.05) is 12.2 Å². The molecule has 346 valence electrons. The van der Waals surface area contributed by atoms with Crippen LogP contribution in [0.25, 0.3) is 0 Å². The average Bonchev–Trinajstić information content (AvgIpc) is 3.87. The summed E-state index contributed by atoms with van der Waals surface area (Å²) in [4.78, 5) is 52.8. The Labute approximate surface area is 378 Å². The number of allylic oxidation sites excluding steroid dienone is 12. The molecule has 3 aliphatic rings. The van der Waals surface area contributed by atoms with Crippen molar-refractivity contribution in [1.82, 2.24) is 16.0 Å². The van der Waals surface area contributed by atoms with Crippen molar-refractivity contribution in [1.29, 1.82) is 0 Å². The van der Waals surface area contributed by atoms with E-state index in [1.54, 1.807) is 27.7 Å². The number of benzene rings is 1. The third kappa shape index (κ3) is 17.3. The molecule has 2 fully saturated rings. The predicted molar refractivity (Wildman–Crippen MR) is 245 cm³/mol. The van der Waals surface area contributed by atoms with Gasteiger partial charge in [-0.05, 0) is 103 Å². The first-order chi connectivity index (χ1) is 30.0. The van der Waals surface area contributed by atoms with E-state index >= 15 is 0 Å². The van der Waals surface area contributed by atoms with E-state index in [1.165, 1.54) is 29.0 Å². The minimum Gasteiger partial charge on any atom is -0.480 e. The van der Waals surface area contributed by atoms with Crippen molar-refractivity contribution in [3.63, 3.8) is 0 Å². The highest BCUT2D eigenvalue weighted by molar-refractivity contribution is 8.77. The SMILES string of the molecule is CC/C=C\C/C=C\C/C=C\C/C=C\C/C=C\C/C=C\CCC(=O)N[C@@H](CSSC(C)(C)[C@H](NC(=O)C1(c2ccc3c(c2)OC(F)(F)O3)CC1)C(=O)NC[C@@H]1COC(C)(C)O1)C(=O)O. The molecule has 0 spiro atoms. The van der Waals surface area contributed by atoms with E-state index in [9.17, 15) is 33.1 Å². The number of aliphatic carboxylic acids is 1. The van der Waals surface area contributed by atoms with E-state index in [0.717, 1.165) is 49.3 Å². The number of carbonyl (C=O) groups excluding carboxylic acids is 3. The van der Waals surface area contributed by atoms with E-state index in [0.29, 0.717) is 24.8 Å². The maximum absolute atomic E-state index is 14.0. The number of amides is 3. The van der Waals surface area contributed by atoms with E-state index in [4.69, 9.17) is 9.47 Å². The minimum atomic E-state index is -3.82. The molecule has 0 unspecified atom stereocenters. The summed E-state index contributed by atoms with van der Waals surface area (Å²) >= 11 is 0. The number of ether oxygens (including phenoxy) is 4. The fourth-order valence-corrected chi connectivity index (χ4v) is 9.43. The van der Waals surface area contributed by atoms with Crippen LogP contribution in [-0.4, -0.2) is 82.7 Å². The van der Waals surface area contributed by atoms with Gasteiger partial charge in [0.15, 0.2) is 17.3 Å². The van der Waals surface area contributed by atoms with Gasteiger partial charge in [0.05, 0.1) is 12.0 Å². The number of carbonyl (C=O) groups is 4. The van der Waals surface area contributed by atoms with Crippen molar-refractivity contribution in [2.75, 3.05) is 18.9 Å². The van der Waals surface area contributed by atoms with Crippen LogP contribution in [0.5, 0.6) is 11.5 Å². The normalized spacial score (nSPS) is 19.8. The first-order valence-electron chi connectivity index (χ1n) is 21.5. The van der Waals surface area contributed by atoms with Gasteiger partial charge in [-0.25, -0.2) is 4.79 Å². The van der Waals surface area contributed by atoms with Gasteiger partial charge in [0.25, 0.3) is 0 Å². The zero-order valence-electron chi connectivity index (χ0n) is 36.9. The van der Waals surface area contributed by atoms with Gasteiger partial charge in [-0.2, -0.15) is 0 Å². The molecule has 16 heteroatoms. The lowest BCUT2D eigenvalue weighted by molar-refractivity contribution is -0.286. The highest BCUT2D eigenvalue weighted by Crippen LogP contribution is 2.52. The van der Waals surface area contributed by atoms with Crippen molar-refractivity contribution in [2.45, 2.75) is 139 Å². The van der Waals surface area contributed by atoms with Crippen LogP contribution in [0.4, 0.5) is 8.78 Å². The lowest BCUT2D eigenvalue weighted by atomic mass is 9.93. The summed E-state index contributed by atoms with van der Waals surface area (Å²) in [6.07, 6.45) is 27.8. The molecule has 4 rings (SSSR count). The maximum atomic E-state index is 14.0. The second-order valence-electron chi connectivity index (χ2n) is 16.4. The highest BCUT2D eigenvalue weighted by Gasteiger charge is 2.54. The van der Waals surface area contributed by atoms with Gasteiger partial charge >= 0.3 is 12.3 Å². The van der Waals surface area contributed by atoms with E-state index in [-0.39, 0.29) is 36.8 Å². The molecule has 0 radical (unpaired) electrons. The van der Waals surface area contributed by atoms with Crippen LogP contribution in [0.2, 0.25) is 0 Å². The largest absolute Gasteiger partial charge is 0.586 e. The van der Waals surface area contributed by atoms with Crippen LogP contribution in [0.15, 0.2) is 91.1 Å². The quantitative estimate of drug-likeness (QED) is 0.0493. The Hall–Kier alpha value is -4.38. The van der Waals surface area contributed by atoms with Gasteiger partial charge in [-0.1, -0.05) is 107 Å². The third-order valence-electron chi connectivity index (χ3n) is 10.2. The Kier molecular flexibility index (Phi) is 20.0. The Morgan fingerprint density at radius 2 is 1.43 bits per heavy atom. The molecule has 2 aliphatic heterocycles. The minimum absolute atomic E-state index is 0.0224. The van der Waals surface area contributed by atoms with Gasteiger partial charge in [0.2, 0.25) is 17.7 Å². The molecule has 1 aromatic rings. The molecule has 0 aromatic heterocycles. The first kappa shape index (κ1) is 51.3. The standard InChI is InChI=1S/C47H63F2N3O9S2/c1-6-7-8-9-10-11-12-13-14-15-16-17-18-19-20-21-22-23-24-25-39(53)51-36(42(55)56)33-62-63-44(2,3)40(41(54)50-31-35-32-58-45(4,5)59-35)52-43(57)46(28-29-46)34-26-27-37-38(30-34)61-47(48,49)60-37/h7-8,10-11,13-14,16-17,19-20,22-23,26-27,30,35-36,40H,6,9,12,15,18,21,24-25,28-29,31-33H2,1-5H3,(H,50,54)(H,51,53)(H,52,57)(H,55,56)/b8-7-,11-10-,14-13-,17-16-,20-19-,23-22-/t35-,36+,40-/m1/s1. The zero-order chi connectivity index (χ0) is 45.9. The van der Waals surface area contributed by atoms with Crippen molar-refractivity contribution >= 4 is 45.3 Å². The lowest BCUT2D eigenvalue weighted by Gasteiger charge is -2.34. The van der Waals surface area contributed by atoms with Gasteiger partial charge in [0, 0.05) is 23.5 Å². The lowest BCUT2D eigenvalue weighted by Crippen LogP contribution is -2.58. The molecule has 12 nitrogen and oxygen atoms in total. The number of halogens is 2. The fraction of sp³-hybridized carbons (Fsp3) is 0.532. The second kappa shape index (κ2) is 24.6. The van der Waals surface area contributed by atoms with Gasteiger partial charge in [0.1, 0.15) is 18.2 Å². The summed E-state index contributed by atoms with van der Waals surface area (Å²) in [7, 11) is 2.34. The van der Waals surface area contributed by atoms with Crippen LogP contribution in [0.3, 0.4) is 0 Å². The Morgan fingerprint density at radius 3 is 1.97 bits per heavy atom. The summed E-state index contributed by atoms with van der Waals surface area (Å²) in [5.41, 5.74) is -0.642. The Bertz CT molecular complexity index is 1890. The van der Waals surface area contributed by atoms with Crippen molar-refractivity contribution < 1.29 is 52.0 Å². The molecule has 4 N–H and O–H groups in total.